The number of hydrogen-bond donors (Lipinski definition) is 0. The van der Waals surface area contributed by atoms with E-state index in [4.69, 9.17) is 0 Å². The average Bonchev–Trinajstić information content (AvgIpc) is 2.38. The highest BCUT2D eigenvalue weighted by atomic mass is 32.4. The van der Waals surface area contributed by atoms with Gasteiger partial charge in [0, 0.05) is 16.7 Å². The van der Waals surface area contributed by atoms with Crippen LogP contribution in [0.15, 0.2) is 58.4 Å². The van der Waals surface area contributed by atoms with Gasteiger partial charge in [-0.3, -0.25) is 4.99 Å². The Morgan fingerprint density at radius 2 is 1.60 bits per heavy atom. The maximum absolute atomic E-state index is 4.59. The van der Waals surface area contributed by atoms with Crippen LogP contribution in [0.5, 0.6) is 0 Å². The highest BCUT2D eigenvalue weighted by Gasteiger charge is 2.16. The van der Waals surface area contributed by atoms with Crippen molar-refractivity contribution in [3.05, 3.63) is 59.7 Å². The molecule has 0 aliphatic rings. The average molecular weight is 300 g/mol. The Morgan fingerprint density at radius 3 is 2.25 bits per heavy atom. The van der Waals surface area contributed by atoms with Gasteiger partial charge in [0.2, 0.25) is 0 Å². The molecule has 0 heterocycles. The molecule has 0 bridgehead atoms. The summed E-state index contributed by atoms with van der Waals surface area (Å²) >= 11 is 2.01. The molecule has 0 N–H and O–H groups in total. The Bertz CT molecular complexity index is 597. The topological polar surface area (TPSA) is 12.4 Å². The fourth-order valence-corrected chi connectivity index (χ4v) is 5.37. The van der Waals surface area contributed by atoms with Gasteiger partial charge >= 0.3 is 0 Å². The summed E-state index contributed by atoms with van der Waals surface area (Å²) in [5.41, 5.74) is 3.47. The van der Waals surface area contributed by atoms with Crippen molar-refractivity contribution >= 4 is 30.3 Å². The van der Waals surface area contributed by atoms with Gasteiger partial charge in [-0.2, -0.15) is 11.2 Å². The van der Waals surface area contributed by atoms with Crippen LogP contribution in [0.2, 0.25) is 19.6 Å². The second kappa shape index (κ2) is 6.42. The highest BCUT2D eigenvalue weighted by molar-refractivity contribution is 8.28. The third-order valence-corrected chi connectivity index (χ3v) is 6.42. The molecule has 0 atom stereocenters. The molecule has 3 heteroatoms. The number of aliphatic imine (C=N–C) groups is 1. The number of hydrogen-bond acceptors (Lipinski definition) is 2. The first-order valence-corrected chi connectivity index (χ1v) is 11.9. The predicted molar refractivity (Wildman–Crippen MR) is 94.1 cm³/mol. The zero-order valence-electron chi connectivity index (χ0n) is 12.6. The van der Waals surface area contributed by atoms with E-state index < -0.39 is 7.22 Å². The molecule has 0 aliphatic heterocycles. The molecular weight excluding hydrogens is 278 g/mol. The van der Waals surface area contributed by atoms with Gasteiger partial charge in [-0.05, 0) is 25.1 Å². The molecule has 0 amide bonds. The third-order valence-electron chi connectivity index (χ3n) is 2.72. The van der Waals surface area contributed by atoms with Gasteiger partial charge in [-0.1, -0.05) is 55.5 Å². The lowest BCUT2D eigenvalue weighted by Gasteiger charge is -2.16. The molecule has 0 aliphatic carbocycles. The van der Waals surface area contributed by atoms with E-state index in [-0.39, 0.29) is 0 Å². The Morgan fingerprint density at radius 1 is 0.950 bits per heavy atom. The highest BCUT2D eigenvalue weighted by Crippen LogP contribution is 2.31. The number of benzene rings is 2. The van der Waals surface area contributed by atoms with Gasteiger partial charge in [0.05, 0.1) is 5.69 Å². The molecule has 2 rings (SSSR count). The van der Waals surface area contributed by atoms with E-state index in [1.54, 1.807) is 0 Å². The molecule has 104 valence electrons. The minimum atomic E-state index is -1.19. The van der Waals surface area contributed by atoms with Crippen molar-refractivity contribution in [2.45, 2.75) is 31.5 Å². The van der Waals surface area contributed by atoms with E-state index in [0.29, 0.717) is 0 Å². The van der Waals surface area contributed by atoms with E-state index >= 15 is 0 Å². The van der Waals surface area contributed by atoms with Crippen LogP contribution in [-0.4, -0.2) is 13.4 Å². The van der Waals surface area contributed by atoms with E-state index in [1.165, 1.54) is 16.0 Å². The zero-order valence-corrected chi connectivity index (χ0v) is 14.4. The molecule has 0 spiro atoms. The lowest BCUT2D eigenvalue weighted by atomic mass is 10.2. The Labute approximate surface area is 126 Å². The van der Waals surface area contributed by atoms with Gasteiger partial charge in [0.25, 0.3) is 0 Å². The van der Waals surface area contributed by atoms with Crippen LogP contribution in [-0.2, 0) is 0 Å². The molecule has 0 aromatic heterocycles. The second-order valence-electron chi connectivity index (χ2n) is 5.85. The van der Waals surface area contributed by atoms with Crippen LogP contribution in [0.1, 0.15) is 11.1 Å². The lowest BCUT2D eigenvalue weighted by Crippen LogP contribution is -2.13. The van der Waals surface area contributed by atoms with Crippen LogP contribution in [0.4, 0.5) is 5.69 Å². The monoisotopic (exact) mass is 299 g/mol. The number of aryl methyl sites for hydroxylation is 1. The molecule has 0 fully saturated rings. The van der Waals surface area contributed by atoms with Crippen molar-refractivity contribution in [3.63, 3.8) is 0 Å². The number of rotatable bonds is 4. The van der Waals surface area contributed by atoms with E-state index in [1.807, 2.05) is 17.4 Å². The second-order valence-corrected chi connectivity index (χ2v) is 15.0. The molecule has 0 saturated heterocycles. The Kier molecular flexibility index (Phi) is 4.84. The maximum atomic E-state index is 4.59. The standard InChI is InChI=1S/C17H21NSSi/c1-14-9-11-16(12-10-14)18-13-15-7-5-6-8-17(15)19-20(2,3)4/h5-13H,1-4H3. The summed E-state index contributed by atoms with van der Waals surface area (Å²) in [6.45, 7) is 9.19. The summed E-state index contributed by atoms with van der Waals surface area (Å²) in [7, 11) is -1.19. The molecule has 0 unspecified atom stereocenters. The quantitative estimate of drug-likeness (QED) is 0.523. The van der Waals surface area contributed by atoms with Crippen LogP contribution in [0.25, 0.3) is 0 Å². The Balaban J connectivity index is 2.22. The summed E-state index contributed by atoms with van der Waals surface area (Å²) in [6, 6.07) is 16.8. The third kappa shape index (κ3) is 4.65. The van der Waals surface area contributed by atoms with Crippen LogP contribution < -0.4 is 0 Å². The van der Waals surface area contributed by atoms with Crippen LogP contribution >= 0.6 is 11.2 Å². The molecular formula is C17H21NSSi. The zero-order chi connectivity index (χ0) is 14.6. The first kappa shape index (κ1) is 15.1. The summed E-state index contributed by atoms with van der Waals surface area (Å²) < 4.78 is 0. The Hall–Kier alpha value is -1.32. The SMILES string of the molecule is Cc1ccc(N=Cc2ccccc2S[Si](C)(C)C)cc1. The molecule has 1 nitrogen and oxygen atoms in total. The first-order valence-electron chi connectivity index (χ1n) is 6.83. The van der Waals surface area contributed by atoms with Crippen LogP contribution in [0.3, 0.4) is 0 Å². The van der Waals surface area contributed by atoms with Crippen molar-refractivity contribution in [2.75, 3.05) is 0 Å². The molecule has 2 aromatic carbocycles. The van der Waals surface area contributed by atoms with Gasteiger partial charge in [0.15, 0.2) is 0 Å². The van der Waals surface area contributed by atoms with E-state index in [2.05, 4.69) is 80.1 Å². The van der Waals surface area contributed by atoms with E-state index in [9.17, 15) is 0 Å². The first-order chi connectivity index (χ1) is 9.44. The van der Waals surface area contributed by atoms with Gasteiger partial charge in [-0.25, -0.2) is 0 Å². The fourth-order valence-electron chi connectivity index (χ4n) is 1.78. The van der Waals surface area contributed by atoms with Crippen LogP contribution in [0, 0.1) is 6.92 Å². The van der Waals surface area contributed by atoms with Gasteiger partial charge in [-0.15, -0.1) is 0 Å². The van der Waals surface area contributed by atoms with Crippen molar-refractivity contribution in [1.82, 2.24) is 0 Å². The van der Waals surface area contributed by atoms with Crippen molar-refractivity contribution in [2.24, 2.45) is 4.99 Å². The molecule has 0 radical (unpaired) electrons. The largest absolute Gasteiger partial charge is 0.256 e. The fraction of sp³-hybridized carbons (Fsp3) is 0.235. The van der Waals surface area contributed by atoms with E-state index in [0.717, 1.165) is 5.69 Å². The summed E-state index contributed by atoms with van der Waals surface area (Å²) in [5, 5.41) is 0. The van der Waals surface area contributed by atoms with Crippen molar-refractivity contribution in [3.8, 4) is 0 Å². The molecule has 20 heavy (non-hydrogen) atoms. The summed E-state index contributed by atoms with van der Waals surface area (Å²) in [4.78, 5) is 5.92. The van der Waals surface area contributed by atoms with Gasteiger partial charge < -0.3 is 0 Å². The lowest BCUT2D eigenvalue weighted by molar-refractivity contribution is 1.41. The minimum Gasteiger partial charge on any atom is -0.256 e. The van der Waals surface area contributed by atoms with Crippen molar-refractivity contribution in [1.29, 1.82) is 0 Å². The van der Waals surface area contributed by atoms with Crippen molar-refractivity contribution < 1.29 is 0 Å². The van der Waals surface area contributed by atoms with Gasteiger partial charge in [0.1, 0.15) is 7.22 Å². The maximum Gasteiger partial charge on any atom is 0.114 e. The molecule has 2 aromatic rings. The number of nitrogens with zero attached hydrogens (tertiary/aromatic N) is 1. The summed E-state index contributed by atoms with van der Waals surface area (Å²) in [5.74, 6) is 0. The normalized spacial score (nSPS) is 12.0. The molecule has 0 saturated carbocycles. The minimum absolute atomic E-state index is 1.00. The smallest absolute Gasteiger partial charge is 0.114 e. The predicted octanol–water partition coefficient (Wildman–Crippen LogP) is 5.67. The summed E-state index contributed by atoms with van der Waals surface area (Å²) in [6.07, 6.45) is 1.98.